The smallest absolute Gasteiger partial charge is 0.236 e. The van der Waals surface area contributed by atoms with E-state index in [-0.39, 0.29) is 11.9 Å². The molecule has 0 aliphatic rings. The van der Waals surface area contributed by atoms with Crippen molar-refractivity contribution in [2.24, 2.45) is 5.73 Å². The first-order valence-corrected chi connectivity index (χ1v) is 6.75. The van der Waals surface area contributed by atoms with E-state index in [0.717, 1.165) is 25.8 Å². The van der Waals surface area contributed by atoms with Crippen LogP contribution in [0.25, 0.3) is 0 Å². The van der Waals surface area contributed by atoms with E-state index in [1.807, 2.05) is 6.92 Å². The molecule has 3 nitrogen and oxygen atoms in total. The maximum atomic E-state index is 11.4. The Labute approximate surface area is 100 Å². The molecule has 0 fully saturated rings. The zero-order chi connectivity index (χ0) is 12.2. The van der Waals surface area contributed by atoms with Crippen molar-refractivity contribution in [1.29, 1.82) is 0 Å². The molecule has 1 atom stereocenters. The van der Waals surface area contributed by atoms with Crippen LogP contribution in [-0.2, 0) is 4.79 Å². The van der Waals surface area contributed by atoms with E-state index in [4.69, 9.17) is 5.73 Å². The molecule has 0 saturated heterocycles. The molecular formula is C13H28N2O. The zero-order valence-corrected chi connectivity index (χ0v) is 10.9. The largest absolute Gasteiger partial charge is 0.355 e. The van der Waals surface area contributed by atoms with Crippen LogP contribution < -0.4 is 11.1 Å². The maximum absolute atomic E-state index is 11.4. The molecule has 0 aromatic carbocycles. The van der Waals surface area contributed by atoms with Crippen LogP contribution in [0.15, 0.2) is 0 Å². The second-order valence-electron chi connectivity index (χ2n) is 4.45. The maximum Gasteiger partial charge on any atom is 0.236 e. The Hall–Kier alpha value is -0.570. The van der Waals surface area contributed by atoms with E-state index in [1.165, 1.54) is 32.1 Å². The van der Waals surface area contributed by atoms with Crippen molar-refractivity contribution in [2.75, 3.05) is 6.54 Å². The van der Waals surface area contributed by atoms with Gasteiger partial charge in [0.15, 0.2) is 0 Å². The first-order chi connectivity index (χ1) is 7.72. The predicted molar refractivity (Wildman–Crippen MR) is 69.3 cm³/mol. The lowest BCUT2D eigenvalue weighted by atomic mass is 10.1. The fourth-order valence-electron chi connectivity index (χ4n) is 1.69. The minimum Gasteiger partial charge on any atom is -0.355 e. The summed E-state index contributed by atoms with van der Waals surface area (Å²) in [6, 6.07) is -0.315. The van der Waals surface area contributed by atoms with E-state index >= 15 is 0 Å². The topological polar surface area (TPSA) is 55.1 Å². The van der Waals surface area contributed by atoms with Crippen molar-refractivity contribution < 1.29 is 4.79 Å². The summed E-state index contributed by atoms with van der Waals surface area (Å²) in [6.45, 7) is 5.04. The summed E-state index contributed by atoms with van der Waals surface area (Å²) in [5.41, 5.74) is 5.70. The van der Waals surface area contributed by atoms with Gasteiger partial charge in [0.05, 0.1) is 6.04 Å². The molecule has 0 spiro atoms. The van der Waals surface area contributed by atoms with Crippen molar-refractivity contribution in [3.63, 3.8) is 0 Å². The van der Waals surface area contributed by atoms with Crippen molar-refractivity contribution in [3.05, 3.63) is 0 Å². The fraction of sp³-hybridized carbons (Fsp3) is 0.923. The molecule has 3 N–H and O–H groups in total. The Bertz CT molecular complexity index is 171. The molecule has 96 valence electrons. The molecule has 0 heterocycles. The van der Waals surface area contributed by atoms with Gasteiger partial charge in [-0.2, -0.15) is 0 Å². The number of rotatable bonds is 10. The molecule has 16 heavy (non-hydrogen) atoms. The highest BCUT2D eigenvalue weighted by molar-refractivity contribution is 5.81. The van der Waals surface area contributed by atoms with Gasteiger partial charge in [-0.05, 0) is 12.8 Å². The van der Waals surface area contributed by atoms with Gasteiger partial charge in [-0.25, -0.2) is 0 Å². The number of nitrogens with two attached hydrogens (primary N) is 1. The van der Waals surface area contributed by atoms with Gasteiger partial charge in [-0.15, -0.1) is 0 Å². The van der Waals surface area contributed by atoms with Gasteiger partial charge in [0.2, 0.25) is 5.91 Å². The number of amides is 1. The number of nitrogens with one attached hydrogen (secondary N) is 1. The summed E-state index contributed by atoms with van der Waals surface area (Å²) in [4.78, 5) is 11.4. The third-order valence-corrected chi connectivity index (χ3v) is 2.77. The lowest BCUT2D eigenvalue weighted by Crippen LogP contribution is -2.40. The van der Waals surface area contributed by atoms with E-state index in [0.29, 0.717) is 0 Å². The summed E-state index contributed by atoms with van der Waals surface area (Å²) in [7, 11) is 0. The standard InChI is InChI=1S/C13H28N2O/c1-3-5-6-7-8-9-11-15-13(16)12(14)10-4-2/h12H,3-11,14H2,1-2H3,(H,15,16)/t12-/m0/s1. The molecule has 0 radical (unpaired) electrons. The second kappa shape index (κ2) is 10.9. The SMILES string of the molecule is CCCCCCCCNC(=O)[C@@H](N)CCC. The van der Waals surface area contributed by atoms with E-state index in [9.17, 15) is 4.79 Å². The number of hydrogen-bond donors (Lipinski definition) is 2. The van der Waals surface area contributed by atoms with Gasteiger partial charge < -0.3 is 11.1 Å². The third kappa shape index (κ3) is 8.72. The van der Waals surface area contributed by atoms with Crippen molar-refractivity contribution >= 4 is 5.91 Å². The van der Waals surface area contributed by atoms with Crippen LogP contribution in [-0.4, -0.2) is 18.5 Å². The Kier molecular flexibility index (Phi) is 10.5. The highest BCUT2D eigenvalue weighted by atomic mass is 16.2. The van der Waals surface area contributed by atoms with Crippen molar-refractivity contribution in [1.82, 2.24) is 5.32 Å². The average Bonchev–Trinajstić information content (AvgIpc) is 2.28. The summed E-state index contributed by atoms with van der Waals surface area (Å²) >= 11 is 0. The number of carbonyl (C=O) groups is 1. The molecule has 3 heteroatoms. The molecule has 0 bridgehead atoms. The van der Waals surface area contributed by atoms with Crippen LogP contribution in [0.4, 0.5) is 0 Å². The molecule has 1 amide bonds. The Morgan fingerprint density at radius 1 is 1.06 bits per heavy atom. The summed E-state index contributed by atoms with van der Waals surface area (Å²) in [6.07, 6.45) is 9.24. The first-order valence-electron chi connectivity index (χ1n) is 6.75. The van der Waals surface area contributed by atoms with Gasteiger partial charge >= 0.3 is 0 Å². The quantitative estimate of drug-likeness (QED) is 0.565. The minimum atomic E-state index is -0.315. The molecule has 0 rings (SSSR count). The summed E-state index contributed by atoms with van der Waals surface area (Å²) < 4.78 is 0. The van der Waals surface area contributed by atoms with Gasteiger partial charge in [0, 0.05) is 6.54 Å². The van der Waals surface area contributed by atoms with Crippen LogP contribution in [0.2, 0.25) is 0 Å². The van der Waals surface area contributed by atoms with Crippen LogP contribution in [0.1, 0.15) is 65.2 Å². The molecular weight excluding hydrogens is 200 g/mol. The van der Waals surface area contributed by atoms with Crippen LogP contribution in [0, 0.1) is 0 Å². The average molecular weight is 228 g/mol. The van der Waals surface area contributed by atoms with Gasteiger partial charge in [-0.1, -0.05) is 52.4 Å². The molecule has 0 aromatic heterocycles. The summed E-state index contributed by atoms with van der Waals surface area (Å²) in [5.74, 6) is 0.00964. The highest BCUT2D eigenvalue weighted by Gasteiger charge is 2.10. The number of carbonyl (C=O) groups excluding carboxylic acids is 1. The zero-order valence-electron chi connectivity index (χ0n) is 10.9. The monoisotopic (exact) mass is 228 g/mol. The predicted octanol–water partition coefficient (Wildman–Crippen LogP) is 2.59. The van der Waals surface area contributed by atoms with Gasteiger partial charge in [0.25, 0.3) is 0 Å². The van der Waals surface area contributed by atoms with Crippen molar-refractivity contribution in [3.8, 4) is 0 Å². The Morgan fingerprint density at radius 3 is 2.31 bits per heavy atom. The van der Waals surface area contributed by atoms with Crippen LogP contribution in [0.5, 0.6) is 0 Å². The molecule has 0 unspecified atom stereocenters. The lowest BCUT2D eigenvalue weighted by Gasteiger charge is -2.10. The fourth-order valence-corrected chi connectivity index (χ4v) is 1.69. The second-order valence-corrected chi connectivity index (χ2v) is 4.45. The lowest BCUT2D eigenvalue weighted by molar-refractivity contribution is -0.122. The molecule has 0 saturated carbocycles. The number of hydrogen-bond acceptors (Lipinski definition) is 2. The van der Waals surface area contributed by atoms with Gasteiger partial charge in [0.1, 0.15) is 0 Å². The first kappa shape index (κ1) is 15.4. The van der Waals surface area contributed by atoms with E-state index in [2.05, 4.69) is 12.2 Å². The molecule has 0 aliphatic heterocycles. The van der Waals surface area contributed by atoms with E-state index < -0.39 is 0 Å². The Morgan fingerprint density at radius 2 is 1.69 bits per heavy atom. The highest BCUT2D eigenvalue weighted by Crippen LogP contribution is 2.04. The van der Waals surface area contributed by atoms with Crippen LogP contribution >= 0.6 is 0 Å². The normalized spacial score (nSPS) is 12.4. The van der Waals surface area contributed by atoms with Crippen LogP contribution in [0.3, 0.4) is 0 Å². The third-order valence-electron chi connectivity index (χ3n) is 2.77. The number of unbranched alkanes of at least 4 members (excludes halogenated alkanes) is 5. The summed E-state index contributed by atoms with van der Waals surface area (Å²) in [5, 5.41) is 2.89. The Balaban J connectivity index is 3.27. The van der Waals surface area contributed by atoms with Gasteiger partial charge in [-0.3, -0.25) is 4.79 Å². The van der Waals surface area contributed by atoms with E-state index in [1.54, 1.807) is 0 Å². The van der Waals surface area contributed by atoms with Crippen molar-refractivity contribution in [2.45, 2.75) is 71.3 Å². The minimum absolute atomic E-state index is 0.00964. The molecule has 0 aliphatic carbocycles. The molecule has 0 aromatic rings.